The number of aromatic nitrogens is 1. The molecule has 0 bridgehead atoms. The lowest BCUT2D eigenvalue weighted by Gasteiger charge is -2.10. The van der Waals surface area contributed by atoms with Gasteiger partial charge in [-0.25, -0.2) is 0 Å². The van der Waals surface area contributed by atoms with Crippen molar-refractivity contribution >= 4 is 29.0 Å². The predicted molar refractivity (Wildman–Crippen MR) is 66.5 cm³/mol. The van der Waals surface area contributed by atoms with E-state index in [2.05, 4.69) is 10.4 Å². The van der Waals surface area contributed by atoms with E-state index in [1.807, 2.05) is 0 Å². The smallest absolute Gasteiger partial charge is 0.323 e. The van der Waals surface area contributed by atoms with Crippen LogP contribution >= 0.6 is 12.4 Å². The standard InChI is InChI=1S/C11H10F3N3.ClH/c1-6-4-10(17-15)8-5-7(11(12,13)14)2-3-9(8)16-6;/h2-5H,15H2,1H3,(H,16,17);1H. The van der Waals surface area contributed by atoms with Crippen LogP contribution in [-0.2, 0) is 6.18 Å². The van der Waals surface area contributed by atoms with Crippen molar-refractivity contribution in [2.45, 2.75) is 13.1 Å². The van der Waals surface area contributed by atoms with Crippen LogP contribution in [0.5, 0.6) is 0 Å². The molecule has 1 heterocycles. The molecule has 0 saturated heterocycles. The van der Waals surface area contributed by atoms with Crippen molar-refractivity contribution in [3.8, 4) is 0 Å². The fourth-order valence-corrected chi connectivity index (χ4v) is 1.65. The number of pyridine rings is 1. The molecule has 0 amide bonds. The van der Waals surface area contributed by atoms with Crippen molar-refractivity contribution in [1.29, 1.82) is 0 Å². The van der Waals surface area contributed by atoms with E-state index in [0.717, 1.165) is 12.1 Å². The summed E-state index contributed by atoms with van der Waals surface area (Å²) in [6, 6.07) is 4.99. The normalized spacial score (nSPS) is 11.2. The highest BCUT2D eigenvalue weighted by Crippen LogP contribution is 2.33. The van der Waals surface area contributed by atoms with Gasteiger partial charge in [-0.05, 0) is 31.2 Å². The number of benzene rings is 1. The Labute approximate surface area is 108 Å². The van der Waals surface area contributed by atoms with Crippen LogP contribution in [0.3, 0.4) is 0 Å². The van der Waals surface area contributed by atoms with E-state index in [0.29, 0.717) is 22.3 Å². The van der Waals surface area contributed by atoms with Gasteiger partial charge in [0.25, 0.3) is 0 Å². The Morgan fingerprint density at radius 3 is 2.44 bits per heavy atom. The van der Waals surface area contributed by atoms with Gasteiger partial charge in [0.05, 0.1) is 16.8 Å². The minimum absolute atomic E-state index is 0. The lowest BCUT2D eigenvalue weighted by Crippen LogP contribution is -2.09. The number of hydrogen-bond donors (Lipinski definition) is 2. The third-order valence-corrected chi connectivity index (χ3v) is 2.42. The van der Waals surface area contributed by atoms with Crippen molar-refractivity contribution in [2.75, 3.05) is 5.43 Å². The molecule has 0 aliphatic rings. The number of nitrogen functional groups attached to an aromatic ring is 1. The number of aryl methyl sites for hydroxylation is 1. The molecule has 1 aromatic heterocycles. The number of nitrogens with zero attached hydrogens (tertiary/aromatic N) is 1. The zero-order valence-electron chi connectivity index (χ0n) is 9.38. The molecule has 0 aliphatic heterocycles. The predicted octanol–water partition coefficient (Wildman–Crippen LogP) is 3.27. The average molecular weight is 278 g/mol. The SMILES string of the molecule is Cc1cc(NN)c2cc(C(F)(F)F)ccc2n1.Cl. The molecular weight excluding hydrogens is 267 g/mol. The fourth-order valence-electron chi connectivity index (χ4n) is 1.65. The fraction of sp³-hybridized carbons (Fsp3) is 0.182. The molecule has 98 valence electrons. The number of fused-ring (bicyclic) bond motifs is 1. The second-order valence-electron chi connectivity index (χ2n) is 3.69. The molecule has 1 aromatic carbocycles. The van der Waals surface area contributed by atoms with Crippen LogP contribution in [0.4, 0.5) is 18.9 Å². The summed E-state index contributed by atoms with van der Waals surface area (Å²) < 4.78 is 37.7. The van der Waals surface area contributed by atoms with Gasteiger partial charge in [-0.15, -0.1) is 12.4 Å². The molecule has 0 aliphatic carbocycles. The third kappa shape index (κ3) is 2.65. The molecule has 3 N–H and O–H groups in total. The van der Waals surface area contributed by atoms with Crippen LogP contribution < -0.4 is 11.3 Å². The van der Waals surface area contributed by atoms with Gasteiger partial charge in [0.2, 0.25) is 0 Å². The van der Waals surface area contributed by atoms with Gasteiger partial charge in [-0.2, -0.15) is 13.2 Å². The van der Waals surface area contributed by atoms with Crippen LogP contribution in [0, 0.1) is 6.92 Å². The van der Waals surface area contributed by atoms with E-state index >= 15 is 0 Å². The van der Waals surface area contributed by atoms with Crippen molar-refractivity contribution in [3.63, 3.8) is 0 Å². The third-order valence-electron chi connectivity index (χ3n) is 2.42. The highest BCUT2D eigenvalue weighted by molar-refractivity contribution is 5.91. The zero-order valence-corrected chi connectivity index (χ0v) is 10.2. The first-order chi connectivity index (χ1) is 7.91. The van der Waals surface area contributed by atoms with E-state index in [1.165, 1.54) is 6.07 Å². The molecule has 2 rings (SSSR count). The van der Waals surface area contributed by atoms with Crippen LogP contribution in [-0.4, -0.2) is 4.98 Å². The topological polar surface area (TPSA) is 50.9 Å². The summed E-state index contributed by atoms with van der Waals surface area (Å²) in [6.07, 6.45) is -4.37. The summed E-state index contributed by atoms with van der Waals surface area (Å²) in [4.78, 5) is 4.14. The largest absolute Gasteiger partial charge is 0.416 e. The maximum absolute atomic E-state index is 12.6. The average Bonchev–Trinajstić information content (AvgIpc) is 2.25. The monoisotopic (exact) mass is 277 g/mol. The Kier molecular flexibility index (Phi) is 4.03. The summed E-state index contributed by atoms with van der Waals surface area (Å²) in [5, 5.41) is 0.355. The van der Waals surface area contributed by atoms with E-state index in [9.17, 15) is 13.2 Å². The van der Waals surface area contributed by atoms with Gasteiger partial charge in [0, 0.05) is 11.1 Å². The lowest BCUT2D eigenvalue weighted by molar-refractivity contribution is -0.137. The number of anilines is 1. The maximum atomic E-state index is 12.6. The summed E-state index contributed by atoms with van der Waals surface area (Å²) in [7, 11) is 0. The van der Waals surface area contributed by atoms with Crippen molar-refractivity contribution in [3.05, 3.63) is 35.5 Å². The summed E-state index contributed by atoms with van der Waals surface area (Å²) in [6.45, 7) is 1.75. The summed E-state index contributed by atoms with van der Waals surface area (Å²) in [5.74, 6) is 5.28. The number of halogens is 4. The second kappa shape index (κ2) is 4.99. The minimum Gasteiger partial charge on any atom is -0.323 e. The number of hydrazine groups is 1. The van der Waals surface area contributed by atoms with E-state index < -0.39 is 11.7 Å². The van der Waals surface area contributed by atoms with E-state index in [-0.39, 0.29) is 12.4 Å². The Balaban J connectivity index is 0.00000162. The molecule has 0 spiro atoms. The number of hydrogen-bond acceptors (Lipinski definition) is 3. The first-order valence-corrected chi connectivity index (χ1v) is 4.87. The molecule has 0 saturated carbocycles. The second-order valence-corrected chi connectivity index (χ2v) is 3.69. The Hall–Kier alpha value is -1.53. The highest BCUT2D eigenvalue weighted by atomic mass is 35.5. The summed E-state index contributed by atoms with van der Waals surface area (Å²) in [5.41, 5.74) is 3.26. The number of rotatable bonds is 1. The van der Waals surface area contributed by atoms with E-state index in [1.54, 1.807) is 13.0 Å². The van der Waals surface area contributed by atoms with Gasteiger partial charge in [-0.1, -0.05) is 0 Å². The number of alkyl halides is 3. The molecule has 18 heavy (non-hydrogen) atoms. The van der Waals surface area contributed by atoms with Crippen LogP contribution in [0.2, 0.25) is 0 Å². The van der Waals surface area contributed by atoms with Gasteiger partial charge in [-0.3, -0.25) is 10.8 Å². The molecule has 0 unspecified atom stereocenters. The molecular formula is C11H11ClF3N3. The highest BCUT2D eigenvalue weighted by Gasteiger charge is 2.30. The molecule has 0 radical (unpaired) electrons. The Morgan fingerprint density at radius 1 is 1.22 bits per heavy atom. The van der Waals surface area contributed by atoms with Crippen LogP contribution in [0.15, 0.2) is 24.3 Å². The maximum Gasteiger partial charge on any atom is 0.416 e. The zero-order chi connectivity index (χ0) is 12.6. The molecule has 2 aromatic rings. The Bertz CT molecular complexity index is 569. The first-order valence-electron chi connectivity index (χ1n) is 4.87. The van der Waals surface area contributed by atoms with Gasteiger partial charge < -0.3 is 5.43 Å². The van der Waals surface area contributed by atoms with E-state index in [4.69, 9.17) is 5.84 Å². The molecule has 3 nitrogen and oxygen atoms in total. The molecule has 7 heteroatoms. The Morgan fingerprint density at radius 2 is 1.89 bits per heavy atom. The first kappa shape index (κ1) is 14.5. The number of nitrogens with two attached hydrogens (primary N) is 1. The molecule has 0 atom stereocenters. The quantitative estimate of drug-likeness (QED) is 0.621. The van der Waals surface area contributed by atoms with Gasteiger partial charge in [0.1, 0.15) is 0 Å². The molecule has 0 fully saturated rings. The van der Waals surface area contributed by atoms with Crippen LogP contribution in [0.1, 0.15) is 11.3 Å². The van der Waals surface area contributed by atoms with Crippen molar-refractivity contribution in [1.82, 2.24) is 4.98 Å². The van der Waals surface area contributed by atoms with Gasteiger partial charge in [0.15, 0.2) is 0 Å². The summed E-state index contributed by atoms with van der Waals surface area (Å²) >= 11 is 0. The number of nitrogens with one attached hydrogen (secondary N) is 1. The van der Waals surface area contributed by atoms with Crippen LogP contribution in [0.25, 0.3) is 10.9 Å². The van der Waals surface area contributed by atoms with Crippen molar-refractivity contribution in [2.24, 2.45) is 5.84 Å². The van der Waals surface area contributed by atoms with Crippen molar-refractivity contribution < 1.29 is 13.2 Å². The minimum atomic E-state index is -4.37. The van der Waals surface area contributed by atoms with Gasteiger partial charge >= 0.3 is 6.18 Å². The lowest BCUT2D eigenvalue weighted by atomic mass is 10.1.